The lowest BCUT2D eigenvalue weighted by Gasteiger charge is -2.51. The number of carboxylic acids is 1. The first-order chi connectivity index (χ1) is 34.2. The van der Waals surface area contributed by atoms with Gasteiger partial charge in [-0.2, -0.15) is 0 Å². The van der Waals surface area contributed by atoms with E-state index in [1.807, 2.05) is 0 Å². The zero-order valence-corrected chi connectivity index (χ0v) is 39.8. The Labute approximate surface area is 413 Å². The Morgan fingerprint density at radius 3 is 1.89 bits per heavy atom. The van der Waals surface area contributed by atoms with E-state index < -0.39 is 179 Å². The summed E-state index contributed by atoms with van der Waals surface area (Å²) in [4.78, 5) is 49.9. The van der Waals surface area contributed by atoms with Crippen molar-refractivity contribution in [2.24, 2.45) is 0 Å². The van der Waals surface area contributed by atoms with Crippen LogP contribution in [0.5, 0.6) is 0 Å². The molecular weight excluding hydrogens is 976 g/mol. The first kappa shape index (κ1) is 61.2. The van der Waals surface area contributed by atoms with Crippen LogP contribution >= 0.6 is 0 Å². The minimum Gasteiger partial charge on any atom is -0.477 e. The Morgan fingerprint density at radius 2 is 1.31 bits per heavy atom. The number of aliphatic hydroxyl groups is 12. The summed E-state index contributed by atoms with van der Waals surface area (Å²) < 4.78 is 57.2. The number of amides is 2. The molecule has 0 aliphatic carbocycles. The van der Waals surface area contributed by atoms with Gasteiger partial charge in [0.2, 0.25) is 5.91 Å². The fourth-order valence-electron chi connectivity index (χ4n) is 8.63. The molecule has 29 nitrogen and oxygen atoms in total. The van der Waals surface area contributed by atoms with Crippen LogP contribution in [-0.2, 0) is 61.8 Å². The lowest BCUT2D eigenvalue weighted by Crippen LogP contribution is -2.71. The van der Waals surface area contributed by atoms with Crippen molar-refractivity contribution < 1.29 is 133 Å². The number of unbranched alkanes of at least 4 members (excludes halogenated alkanes) is 5. The van der Waals surface area contributed by atoms with Crippen molar-refractivity contribution in [3.05, 3.63) is 12.7 Å². The van der Waals surface area contributed by atoms with Crippen LogP contribution in [0.2, 0.25) is 0 Å². The molecule has 2 amide bonds. The average Bonchev–Trinajstić information content (AvgIpc) is 3.35. The van der Waals surface area contributed by atoms with Gasteiger partial charge < -0.3 is 124 Å². The summed E-state index contributed by atoms with van der Waals surface area (Å²) >= 11 is 0. The smallest absolute Gasteiger partial charge is 0.407 e. The normalized spacial score (nSPS) is 38.0. The molecule has 0 bridgehead atoms. The number of nitrogens with one attached hydrogen (secondary N) is 2. The molecule has 14 unspecified atom stereocenters. The van der Waals surface area contributed by atoms with Crippen molar-refractivity contribution in [1.29, 1.82) is 0 Å². The second-order valence-corrected chi connectivity index (χ2v) is 17.7. The topological polar surface area (TPSA) is 448 Å². The fraction of sp³-hybridized carbons (Fsp3) is 0.860. The quantitative estimate of drug-likeness (QED) is 0.0207. The van der Waals surface area contributed by atoms with Crippen LogP contribution in [0.25, 0.3) is 0 Å². The predicted molar refractivity (Wildman–Crippen MR) is 233 cm³/mol. The van der Waals surface area contributed by atoms with Crippen molar-refractivity contribution in [1.82, 2.24) is 10.6 Å². The van der Waals surface area contributed by atoms with Gasteiger partial charge in [0.1, 0.15) is 98.1 Å². The molecule has 72 heavy (non-hydrogen) atoms. The van der Waals surface area contributed by atoms with Gasteiger partial charge in [-0.1, -0.05) is 38.3 Å². The molecule has 4 fully saturated rings. The molecule has 0 saturated carbocycles. The monoisotopic (exact) mass is 1050 g/mol. The molecule has 21 atom stereocenters. The molecule has 4 aliphatic rings. The highest BCUT2D eigenvalue weighted by atomic mass is 16.8. The SMILES string of the molecule is C=CCOC(=O)NC1C(O[C@@H]2OC(CO)[C@H](O)C(O)C2O)[C@@H](OC2OC(CO)[C@@H](O)C(O[C@]3(C(=O)O)CC(O)[C@@H](NC(C)=O)C(C(O)C(O)CO)O3)C2O)C(CO)O[C@H]1OCCCCCCCCC(=O)OC. The first-order valence-corrected chi connectivity index (χ1v) is 23.5. The molecule has 4 heterocycles. The van der Waals surface area contributed by atoms with Crippen molar-refractivity contribution in [2.75, 3.05) is 46.8 Å². The molecule has 0 aromatic carbocycles. The zero-order valence-electron chi connectivity index (χ0n) is 39.8. The molecule has 0 aromatic heterocycles. The number of rotatable bonds is 27. The summed E-state index contributed by atoms with van der Waals surface area (Å²) in [5.74, 6) is -6.34. The number of ether oxygens (including phenoxy) is 10. The van der Waals surface area contributed by atoms with E-state index in [4.69, 9.17) is 42.6 Å². The highest BCUT2D eigenvalue weighted by molar-refractivity contribution is 5.76. The van der Waals surface area contributed by atoms with Gasteiger partial charge in [0.15, 0.2) is 18.9 Å². The molecule has 4 saturated heterocycles. The second kappa shape index (κ2) is 29.1. The Morgan fingerprint density at radius 1 is 0.722 bits per heavy atom. The largest absolute Gasteiger partial charge is 0.477 e. The third-order valence-electron chi connectivity index (χ3n) is 12.5. The standard InChI is InChI=1S/C43H72N2O27/c1-4-12-65-42(62)45-27-36(70-39-32(58)31(57)29(55)22(16-47)66-39)34(24(18-49)68-38(27)64-13-10-8-6-5-7-9-11-25(53)63-3)69-40-33(59)37(30(56)23(17-48)67-40)72-43(41(60)61)14-20(51)26(44-19(2)50)35(71-43)28(54)21(52)15-46/h4,20-24,26-40,46-49,51-52,54-59H,1,5-18H2,2-3H3,(H,44,50)(H,45,62)(H,60,61)/t20?,21?,22?,23?,24?,26-,27?,28?,29+,30-,31?,32?,33?,34+,35?,36?,37?,38-,39+,40?,43+/m1/s1. The van der Waals surface area contributed by atoms with Crippen molar-refractivity contribution in [3.63, 3.8) is 0 Å². The third kappa shape index (κ3) is 15.6. The molecule has 4 rings (SSSR count). The molecule has 15 N–H and O–H groups in total. The lowest BCUT2D eigenvalue weighted by molar-refractivity contribution is -0.391. The Balaban J connectivity index is 1.72. The summed E-state index contributed by atoms with van der Waals surface area (Å²) in [7, 11) is 1.30. The minimum absolute atomic E-state index is 0.0484. The van der Waals surface area contributed by atoms with Crippen LogP contribution in [0, 0.1) is 0 Å². The van der Waals surface area contributed by atoms with Crippen LogP contribution < -0.4 is 10.6 Å². The maximum Gasteiger partial charge on any atom is 0.407 e. The Kier molecular flexibility index (Phi) is 24.7. The van der Waals surface area contributed by atoms with Crippen LogP contribution in [-0.4, -0.2) is 265 Å². The van der Waals surface area contributed by atoms with E-state index >= 15 is 0 Å². The van der Waals surface area contributed by atoms with E-state index in [0.29, 0.717) is 19.3 Å². The number of aliphatic hydroxyl groups excluding tert-OH is 12. The maximum atomic E-state index is 13.3. The van der Waals surface area contributed by atoms with Gasteiger partial charge in [-0.25, -0.2) is 9.59 Å². The molecule has 0 spiro atoms. The minimum atomic E-state index is -3.17. The summed E-state index contributed by atoms with van der Waals surface area (Å²) in [6.45, 7) is 0.0343. The molecule has 416 valence electrons. The van der Waals surface area contributed by atoms with E-state index in [2.05, 4.69) is 21.9 Å². The second-order valence-electron chi connectivity index (χ2n) is 17.7. The van der Waals surface area contributed by atoms with E-state index in [9.17, 15) is 85.6 Å². The van der Waals surface area contributed by atoms with E-state index in [0.717, 1.165) is 26.2 Å². The van der Waals surface area contributed by atoms with E-state index in [1.165, 1.54) is 13.2 Å². The number of carbonyl (C=O) groups is 4. The molecule has 0 radical (unpaired) electrons. The number of hydrogen-bond donors (Lipinski definition) is 15. The van der Waals surface area contributed by atoms with Crippen LogP contribution in [0.3, 0.4) is 0 Å². The van der Waals surface area contributed by atoms with E-state index in [1.54, 1.807) is 0 Å². The van der Waals surface area contributed by atoms with Crippen LogP contribution in [0.15, 0.2) is 12.7 Å². The number of alkyl carbamates (subject to hydrolysis) is 1. The number of carbonyl (C=O) groups excluding carboxylic acids is 3. The summed E-state index contributed by atoms with van der Waals surface area (Å²) in [6.07, 6.45) is -32.5. The Hall–Kier alpha value is -3.38. The van der Waals surface area contributed by atoms with Crippen LogP contribution in [0.4, 0.5) is 4.79 Å². The average molecular weight is 1050 g/mol. The van der Waals surface area contributed by atoms with Gasteiger partial charge in [-0.3, -0.25) is 9.59 Å². The Bertz CT molecular complexity index is 1700. The number of esters is 1. The number of carboxylic acid groups (broad SMARTS) is 1. The molecule has 0 aromatic rings. The molecular formula is C43H72N2O27. The number of hydrogen-bond acceptors (Lipinski definition) is 26. The third-order valence-corrected chi connectivity index (χ3v) is 12.5. The fourth-order valence-corrected chi connectivity index (χ4v) is 8.63. The van der Waals surface area contributed by atoms with Gasteiger partial charge in [0.05, 0.1) is 45.7 Å². The van der Waals surface area contributed by atoms with Crippen molar-refractivity contribution >= 4 is 23.9 Å². The summed E-state index contributed by atoms with van der Waals surface area (Å²) in [5.41, 5.74) is 0. The highest BCUT2D eigenvalue weighted by Crippen LogP contribution is 2.39. The van der Waals surface area contributed by atoms with Crippen LogP contribution in [0.1, 0.15) is 58.3 Å². The number of aliphatic carboxylic acids is 1. The first-order valence-electron chi connectivity index (χ1n) is 23.5. The summed E-state index contributed by atoms with van der Waals surface area (Å²) in [6, 6.07) is -3.28. The molecule has 4 aliphatic heterocycles. The van der Waals surface area contributed by atoms with Gasteiger partial charge >= 0.3 is 18.0 Å². The van der Waals surface area contributed by atoms with Gasteiger partial charge in [-0.15, -0.1) is 0 Å². The van der Waals surface area contributed by atoms with Crippen molar-refractivity contribution in [3.8, 4) is 0 Å². The molecule has 29 heteroatoms. The van der Waals surface area contributed by atoms with Gasteiger partial charge in [0.25, 0.3) is 5.79 Å². The zero-order chi connectivity index (χ0) is 53.4. The van der Waals surface area contributed by atoms with Gasteiger partial charge in [-0.05, 0) is 12.8 Å². The maximum absolute atomic E-state index is 13.3. The number of methoxy groups -OCH3 is 1. The predicted octanol–water partition coefficient (Wildman–Crippen LogP) is -6.55. The highest BCUT2D eigenvalue weighted by Gasteiger charge is 2.61. The van der Waals surface area contributed by atoms with Crippen molar-refractivity contribution in [2.45, 2.75) is 187 Å². The lowest BCUT2D eigenvalue weighted by atomic mass is 9.88. The van der Waals surface area contributed by atoms with Gasteiger partial charge in [0, 0.05) is 26.4 Å². The summed E-state index contributed by atoms with van der Waals surface area (Å²) in [5, 5.41) is 144. The van der Waals surface area contributed by atoms with E-state index in [-0.39, 0.29) is 25.6 Å².